The normalized spacial score (nSPS) is 15.0. The molecule has 11 nitrogen and oxygen atoms in total. The van der Waals surface area contributed by atoms with Crippen LogP contribution in [-0.2, 0) is 24.2 Å². The number of Topliss-reactive ketones (excluding diaryl/α,β-unsaturated/α-hetero) is 1. The third kappa shape index (κ3) is 8.70. The largest absolute Gasteiger partial charge is 0.433 e. The second-order valence-electron chi connectivity index (χ2n) is 12.4. The third-order valence-electron chi connectivity index (χ3n) is 8.27. The molecule has 0 spiro atoms. The molecule has 1 aliphatic heterocycles. The van der Waals surface area contributed by atoms with Gasteiger partial charge in [0, 0.05) is 17.0 Å². The molecule has 0 radical (unpaired) electrons. The molecule has 4 rings (SSSR count). The summed E-state index contributed by atoms with van der Waals surface area (Å²) in [5.74, 6) is -3.20. The molecule has 1 aromatic heterocycles. The van der Waals surface area contributed by atoms with Crippen molar-refractivity contribution in [1.29, 1.82) is 0 Å². The Kier molecular flexibility index (Phi) is 12.2. The summed E-state index contributed by atoms with van der Waals surface area (Å²) in [6, 6.07) is 8.64. The summed E-state index contributed by atoms with van der Waals surface area (Å²) in [6.07, 6.45) is 9.41. The van der Waals surface area contributed by atoms with Gasteiger partial charge in [0.15, 0.2) is 27.3 Å². The lowest BCUT2D eigenvalue weighted by atomic mass is 9.98. The fourth-order valence-electron chi connectivity index (χ4n) is 5.61. The highest BCUT2D eigenvalue weighted by Crippen LogP contribution is 2.31. The van der Waals surface area contributed by atoms with E-state index in [1.165, 1.54) is 76.3 Å². The Morgan fingerprint density at radius 3 is 2.12 bits per heavy atom. The number of hydrogen-bond acceptors (Lipinski definition) is 9. The number of rotatable bonds is 17. The van der Waals surface area contributed by atoms with Gasteiger partial charge in [0.25, 0.3) is 11.8 Å². The zero-order valence-electron chi connectivity index (χ0n) is 27.4. The van der Waals surface area contributed by atoms with Gasteiger partial charge in [-0.3, -0.25) is 14.4 Å². The Labute approximate surface area is 284 Å². The molecule has 2 heterocycles. The van der Waals surface area contributed by atoms with Crippen LogP contribution >= 0.6 is 11.6 Å². The van der Waals surface area contributed by atoms with Crippen LogP contribution < -0.4 is 10.9 Å². The zero-order valence-corrected chi connectivity index (χ0v) is 29.0. The van der Waals surface area contributed by atoms with Gasteiger partial charge < -0.3 is 14.5 Å². The maximum Gasteiger partial charge on any atom is 0.418 e. The molecule has 1 aliphatic rings. The van der Waals surface area contributed by atoms with Gasteiger partial charge >= 0.3 is 11.7 Å². The number of fused-ring (bicyclic) bond motifs is 1. The van der Waals surface area contributed by atoms with E-state index in [-0.39, 0.29) is 37.9 Å². The van der Waals surface area contributed by atoms with Crippen molar-refractivity contribution < 1.29 is 36.7 Å². The Morgan fingerprint density at radius 2 is 1.52 bits per heavy atom. The van der Waals surface area contributed by atoms with Crippen LogP contribution in [0.5, 0.6) is 0 Å². The summed E-state index contributed by atoms with van der Waals surface area (Å²) in [7, 11) is -3.67. The Hall–Kier alpha value is -4.03. The fraction of sp³-hybridized carbons (Fsp3) is 0.457. The number of carbonyl (C=O) groups excluding carboxylic acids is 4. The van der Waals surface area contributed by atoms with Gasteiger partial charge in [-0.2, -0.15) is 0 Å². The second-order valence-corrected chi connectivity index (χ2v) is 14.9. The molecule has 13 heteroatoms. The van der Waals surface area contributed by atoms with Crippen molar-refractivity contribution in [2.24, 2.45) is 0 Å². The Morgan fingerprint density at radius 1 is 0.896 bits per heavy atom. The molecule has 3 amide bonds. The molecule has 1 N–H and O–H groups in total. The first-order chi connectivity index (χ1) is 22.8. The SMILES string of the molecule is CCCCCCCCCCCCS(=O)(=O)c1ccc(NC(=O)C(C(=O)c2cc(=O)oc3ccccc23)N2C(=O)OC(C)(C)C2=O)c(Cl)c1. The quantitative estimate of drug-likeness (QED) is 0.0672. The van der Waals surface area contributed by atoms with Gasteiger partial charge in [-0.15, -0.1) is 0 Å². The van der Waals surface area contributed by atoms with Crippen LogP contribution in [0.15, 0.2) is 62.6 Å². The van der Waals surface area contributed by atoms with E-state index >= 15 is 0 Å². The van der Waals surface area contributed by atoms with Crippen LogP contribution in [0.25, 0.3) is 11.0 Å². The molecule has 1 saturated heterocycles. The summed E-state index contributed by atoms with van der Waals surface area (Å²) < 4.78 is 36.4. The van der Waals surface area contributed by atoms with E-state index in [1.54, 1.807) is 12.1 Å². The molecule has 3 aromatic rings. The van der Waals surface area contributed by atoms with Crippen molar-refractivity contribution in [1.82, 2.24) is 4.90 Å². The molecule has 0 bridgehead atoms. The molecule has 1 unspecified atom stereocenters. The maximum atomic E-state index is 14.0. The topological polar surface area (TPSA) is 157 Å². The van der Waals surface area contributed by atoms with E-state index in [2.05, 4.69) is 12.2 Å². The Balaban J connectivity index is 1.50. The highest BCUT2D eigenvalue weighted by atomic mass is 35.5. The van der Waals surface area contributed by atoms with Crippen LogP contribution in [0.3, 0.4) is 0 Å². The minimum absolute atomic E-state index is 0.0309. The number of ketones is 1. The smallest absolute Gasteiger partial charge is 0.418 e. The number of para-hydroxylation sites is 1. The summed E-state index contributed by atoms with van der Waals surface area (Å²) in [5.41, 5.74) is -2.82. The predicted octanol–water partition coefficient (Wildman–Crippen LogP) is 7.09. The van der Waals surface area contributed by atoms with Crippen molar-refractivity contribution in [3.05, 3.63) is 69.5 Å². The number of hydrogen-bond donors (Lipinski definition) is 1. The number of sulfone groups is 1. The molecule has 48 heavy (non-hydrogen) atoms. The van der Waals surface area contributed by atoms with Gasteiger partial charge in [0.2, 0.25) is 0 Å². The molecule has 0 saturated carbocycles. The summed E-state index contributed by atoms with van der Waals surface area (Å²) in [5, 5.41) is 2.48. The maximum absolute atomic E-state index is 14.0. The lowest BCUT2D eigenvalue weighted by Gasteiger charge is -2.23. The third-order valence-corrected chi connectivity index (χ3v) is 10.4. The van der Waals surface area contributed by atoms with Gasteiger partial charge in [-0.25, -0.2) is 22.9 Å². The zero-order chi connectivity index (χ0) is 35.1. The van der Waals surface area contributed by atoms with E-state index in [4.69, 9.17) is 20.8 Å². The van der Waals surface area contributed by atoms with Crippen molar-refractivity contribution >= 4 is 61.8 Å². The lowest BCUT2D eigenvalue weighted by Crippen LogP contribution is -2.53. The average molecular weight is 701 g/mol. The molecule has 0 aliphatic carbocycles. The predicted molar refractivity (Wildman–Crippen MR) is 182 cm³/mol. The highest BCUT2D eigenvalue weighted by molar-refractivity contribution is 7.91. The van der Waals surface area contributed by atoms with Crippen LogP contribution in [0.2, 0.25) is 5.02 Å². The van der Waals surface area contributed by atoms with Gasteiger partial charge in [0.1, 0.15) is 5.58 Å². The molecule has 2 aromatic carbocycles. The van der Waals surface area contributed by atoms with Crippen molar-refractivity contribution in [2.75, 3.05) is 11.1 Å². The number of halogens is 1. The number of amides is 3. The number of carbonyl (C=O) groups is 4. The lowest BCUT2D eigenvalue weighted by molar-refractivity contribution is -0.137. The second kappa shape index (κ2) is 15.9. The van der Waals surface area contributed by atoms with E-state index in [9.17, 15) is 32.4 Å². The average Bonchev–Trinajstić information content (AvgIpc) is 3.23. The van der Waals surface area contributed by atoms with E-state index in [0.29, 0.717) is 11.3 Å². The number of nitrogens with zero attached hydrogens (tertiary/aromatic N) is 1. The van der Waals surface area contributed by atoms with Gasteiger partial charge in [-0.05, 0) is 44.5 Å². The molecular weight excluding hydrogens is 660 g/mol. The van der Waals surface area contributed by atoms with Crippen LogP contribution in [0, 0.1) is 0 Å². The standard InChI is InChI=1S/C35H41ClN2O9S/c1-4-5-6-7-8-9-10-11-12-15-20-48(44,45)23-18-19-27(26(36)21-23)37-32(41)30(38-33(42)35(2,3)47-34(38)43)31(40)25-22-29(39)46-28-17-14-13-16-24(25)28/h13-14,16-19,21-22,30H,4-12,15,20H2,1-3H3,(H,37,41). The van der Waals surface area contributed by atoms with Crippen molar-refractivity contribution in [3.8, 4) is 0 Å². The molecule has 1 atom stereocenters. The fourth-order valence-corrected chi connectivity index (χ4v) is 7.30. The van der Waals surface area contributed by atoms with Gasteiger partial charge in [0.05, 0.1) is 21.4 Å². The van der Waals surface area contributed by atoms with Crippen LogP contribution in [0.1, 0.15) is 95.3 Å². The van der Waals surface area contributed by atoms with Crippen molar-refractivity contribution in [3.63, 3.8) is 0 Å². The first-order valence-corrected chi connectivity index (χ1v) is 18.3. The summed E-state index contributed by atoms with van der Waals surface area (Å²) >= 11 is 6.42. The van der Waals surface area contributed by atoms with Crippen molar-refractivity contribution in [2.45, 2.75) is 102 Å². The molecular formula is C35H41ClN2O9S. The first kappa shape index (κ1) is 36.8. The van der Waals surface area contributed by atoms with E-state index in [0.717, 1.165) is 31.7 Å². The Bertz CT molecular complexity index is 1850. The number of unbranched alkanes of at least 4 members (excludes halogenated alkanes) is 9. The number of cyclic esters (lactones) is 1. The van der Waals surface area contributed by atoms with E-state index in [1.807, 2.05) is 0 Å². The first-order valence-electron chi connectivity index (χ1n) is 16.2. The molecule has 1 fully saturated rings. The molecule has 258 valence electrons. The van der Waals surface area contributed by atoms with Crippen LogP contribution in [-0.4, -0.2) is 54.4 Å². The van der Waals surface area contributed by atoms with Crippen LogP contribution in [0.4, 0.5) is 10.5 Å². The number of anilines is 1. The van der Waals surface area contributed by atoms with E-state index < -0.39 is 50.8 Å². The number of ether oxygens (including phenoxy) is 1. The minimum Gasteiger partial charge on any atom is -0.433 e. The summed E-state index contributed by atoms with van der Waals surface area (Å²) in [4.78, 5) is 66.5. The van der Waals surface area contributed by atoms with Gasteiger partial charge in [-0.1, -0.05) is 94.5 Å². The monoisotopic (exact) mass is 700 g/mol. The summed E-state index contributed by atoms with van der Waals surface area (Å²) in [6.45, 7) is 4.81. The minimum atomic E-state index is -3.67. The number of benzene rings is 2. The number of imide groups is 1. The number of nitrogens with one attached hydrogen (secondary N) is 1. The highest BCUT2D eigenvalue weighted by Gasteiger charge is 2.54.